The minimum absolute atomic E-state index is 0.0661. The zero-order valence-corrected chi connectivity index (χ0v) is 24.7. The molecule has 0 fully saturated rings. The van der Waals surface area contributed by atoms with Crippen LogP contribution in [0.3, 0.4) is 0 Å². The van der Waals surface area contributed by atoms with Gasteiger partial charge in [0.25, 0.3) is 11.4 Å². The van der Waals surface area contributed by atoms with Crippen LogP contribution in [0, 0.1) is 60.6 Å². The maximum atomic E-state index is 13.3. The summed E-state index contributed by atoms with van der Waals surface area (Å²) >= 11 is 0. The highest BCUT2D eigenvalue weighted by Gasteiger charge is 2.42. The second-order valence-electron chi connectivity index (χ2n) is 10.5. The number of hydrogen-bond acceptors (Lipinski definition) is 4. The monoisotopic (exact) mass is 628 g/mol. The van der Waals surface area contributed by atoms with Gasteiger partial charge in [-0.05, 0) is 68.6 Å². The lowest BCUT2D eigenvalue weighted by molar-refractivity contribution is -0.274. The van der Waals surface area contributed by atoms with E-state index < -0.39 is 17.7 Å². The highest BCUT2D eigenvalue weighted by atomic mass is 19.4. The molecule has 4 aromatic carbocycles. The third kappa shape index (κ3) is 4.55. The molecule has 0 saturated carbocycles. The number of ether oxygens (including phenoxy) is 1. The van der Waals surface area contributed by atoms with Crippen LogP contribution in [0.4, 0.5) is 18.9 Å². The van der Waals surface area contributed by atoms with Crippen molar-refractivity contribution < 1.29 is 17.9 Å². The normalized spacial score (nSPS) is 14.5. The summed E-state index contributed by atoms with van der Waals surface area (Å²) in [6.45, 7) is 25.5. The Hall–Kier alpha value is -7.37. The van der Waals surface area contributed by atoms with Crippen LogP contribution in [0.2, 0.25) is 0 Å². The van der Waals surface area contributed by atoms with E-state index in [1.807, 2.05) is 18.2 Å². The molecule has 2 aliphatic rings. The largest absolute Gasteiger partial charge is 0.573 e. The lowest BCUT2D eigenvalue weighted by Gasteiger charge is -2.19. The summed E-state index contributed by atoms with van der Waals surface area (Å²) in [6, 6.07) is 24.9. The molecule has 7 nitrogen and oxygen atoms in total. The van der Waals surface area contributed by atoms with Gasteiger partial charge in [-0.15, -0.1) is 13.2 Å². The fourth-order valence-corrected chi connectivity index (χ4v) is 6.40. The number of para-hydroxylation sites is 1. The summed E-state index contributed by atoms with van der Waals surface area (Å²) < 4.78 is 44.2. The van der Waals surface area contributed by atoms with E-state index in [0.29, 0.717) is 55.8 Å². The van der Waals surface area contributed by atoms with Crippen molar-refractivity contribution in [3.05, 3.63) is 152 Å². The smallest absolute Gasteiger partial charge is 0.404 e. The molecule has 48 heavy (non-hydrogen) atoms. The summed E-state index contributed by atoms with van der Waals surface area (Å²) in [4.78, 5) is 10.8. The maximum Gasteiger partial charge on any atom is 0.573 e. The van der Waals surface area contributed by atoms with Crippen molar-refractivity contribution in [3.63, 3.8) is 0 Å². The summed E-state index contributed by atoms with van der Waals surface area (Å²) in [5.41, 5.74) is 4.16. The topological polar surface area (TPSA) is 93.7 Å². The van der Waals surface area contributed by atoms with Crippen LogP contribution in [-0.2, 0) is 0 Å². The number of allylic oxidation sites excluding steroid dienone is 6. The first-order valence-electron chi connectivity index (χ1n) is 14.0. The average Bonchev–Trinajstić information content (AvgIpc) is 3.58. The number of hydrogen-bond donors (Lipinski definition) is 0. The van der Waals surface area contributed by atoms with Gasteiger partial charge in [0.15, 0.2) is 5.69 Å². The van der Waals surface area contributed by atoms with E-state index in [0.717, 1.165) is 6.07 Å². The lowest BCUT2D eigenvalue weighted by Crippen LogP contribution is -2.18. The molecular formula is C38H15F3N6O. The molecule has 0 saturated heterocycles. The molecule has 0 spiro atoms. The van der Waals surface area contributed by atoms with Crippen LogP contribution in [0.1, 0.15) is 33.4 Å². The Bertz CT molecular complexity index is 2460. The van der Waals surface area contributed by atoms with Crippen molar-refractivity contribution in [1.29, 1.82) is 15.8 Å². The van der Waals surface area contributed by atoms with Gasteiger partial charge >= 0.3 is 6.36 Å². The van der Waals surface area contributed by atoms with Crippen LogP contribution >= 0.6 is 0 Å². The van der Waals surface area contributed by atoms with E-state index in [4.69, 9.17) is 19.7 Å². The van der Waals surface area contributed by atoms with Crippen LogP contribution in [-0.4, -0.2) is 6.36 Å². The van der Waals surface area contributed by atoms with Gasteiger partial charge in [-0.1, -0.05) is 66.7 Å². The van der Waals surface area contributed by atoms with Gasteiger partial charge in [-0.25, -0.2) is 25.1 Å². The summed E-state index contributed by atoms with van der Waals surface area (Å²) in [7, 11) is 0. The molecule has 224 valence electrons. The van der Waals surface area contributed by atoms with Crippen molar-refractivity contribution in [2.45, 2.75) is 13.3 Å². The SMILES string of the molecule is [C-]#[N+]/C(C#N)=C1C2=C(/C(=C(\C#N)[N+]#[C-])c3cccc(-c4cccc(C)c4[N+]#[C-])c32)c2c\1cccc2-c1cccc(OC(F)(F)F)c1C#N. The molecule has 0 aliphatic heterocycles. The first kappa shape index (κ1) is 30.6. The zero-order chi connectivity index (χ0) is 34.3. The molecule has 6 rings (SSSR count). The number of fused-ring (bicyclic) bond motifs is 4. The summed E-state index contributed by atoms with van der Waals surface area (Å²) in [5.74, 6) is -0.723. The van der Waals surface area contributed by atoms with Crippen LogP contribution < -0.4 is 4.74 Å². The van der Waals surface area contributed by atoms with E-state index in [-0.39, 0.29) is 33.7 Å². The van der Waals surface area contributed by atoms with Gasteiger partial charge in [-0.2, -0.15) is 5.26 Å². The Morgan fingerprint density at radius 2 is 1.12 bits per heavy atom. The van der Waals surface area contributed by atoms with Gasteiger partial charge in [0.05, 0.1) is 31.9 Å². The van der Waals surface area contributed by atoms with Gasteiger partial charge in [0, 0.05) is 16.7 Å². The molecule has 10 heteroatoms. The van der Waals surface area contributed by atoms with Crippen LogP contribution in [0.15, 0.2) is 84.2 Å². The Kier molecular flexibility index (Phi) is 7.36. The Balaban J connectivity index is 1.83. The Morgan fingerprint density at radius 3 is 1.60 bits per heavy atom. The van der Waals surface area contributed by atoms with E-state index in [9.17, 15) is 29.0 Å². The first-order valence-corrected chi connectivity index (χ1v) is 14.0. The average molecular weight is 629 g/mol. The van der Waals surface area contributed by atoms with Gasteiger partial charge < -0.3 is 4.74 Å². The molecule has 0 radical (unpaired) electrons. The van der Waals surface area contributed by atoms with Crippen molar-refractivity contribution in [2.75, 3.05) is 0 Å². The lowest BCUT2D eigenvalue weighted by atomic mass is 9.84. The predicted molar refractivity (Wildman–Crippen MR) is 171 cm³/mol. The molecule has 4 aromatic rings. The number of alkyl halides is 3. The minimum atomic E-state index is -5.08. The fraction of sp³-hybridized carbons (Fsp3) is 0.0526. The summed E-state index contributed by atoms with van der Waals surface area (Å²) in [5, 5.41) is 30.5. The van der Waals surface area contributed by atoms with Crippen LogP contribution in [0.25, 0.3) is 59.1 Å². The van der Waals surface area contributed by atoms with Crippen LogP contribution in [0.5, 0.6) is 5.75 Å². The minimum Gasteiger partial charge on any atom is -0.404 e. The number of halogens is 3. The van der Waals surface area contributed by atoms with Gasteiger partial charge in [0.1, 0.15) is 17.4 Å². The molecule has 0 unspecified atom stereocenters. The molecule has 0 bridgehead atoms. The summed E-state index contributed by atoms with van der Waals surface area (Å²) in [6.07, 6.45) is -5.08. The highest BCUT2D eigenvalue weighted by molar-refractivity contribution is 6.39. The Labute approximate surface area is 272 Å². The number of aryl methyl sites for hydroxylation is 1. The van der Waals surface area contributed by atoms with E-state index in [2.05, 4.69) is 19.3 Å². The Morgan fingerprint density at radius 1 is 0.667 bits per heavy atom. The maximum absolute atomic E-state index is 13.3. The second kappa shape index (κ2) is 11.5. The molecule has 0 heterocycles. The van der Waals surface area contributed by atoms with Crippen molar-refractivity contribution in [3.8, 4) is 46.2 Å². The molecule has 0 atom stereocenters. The number of nitrogens with zero attached hydrogens (tertiary/aromatic N) is 6. The molecule has 0 amide bonds. The second-order valence-corrected chi connectivity index (χ2v) is 10.5. The first-order chi connectivity index (χ1) is 23.1. The fourth-order valence-electron chi connectivity index (χ4n) is 6.40. The quantitative estimate of drug-likeness (QED) is 0.167. The highest BCUT2D eigenvalue weighted by Crippen LogP contribution is 2.63. The van der Waals surface area contributed by atoms with Gasteiger partial charge in [0.2, 0.25) is 0 Å². The number of nitriles is 3. The molecule has 0 N–H and O–H groups in total. The molecule has 0 aromatic heterocycles. The third-order valence-electron chi connectivity index (χ3n) is 8.12. The van der Waals surface area contributed by atoms with E-state index >= 15 is 0 Å². The molecular weight excluding hydrogens is 613 g/mol. The molecule has 2 aliphatic carbocycles. The van der Waals surface area contributed by atoms with Crippen molar-refractivity contribution in [2.24, 2.45) is 0 Å². The predicted octanol–water partition coefficient (Wildman–Crippen LogP) is 9.90. The standard InChI is InChI=1S/C38H15F3N6O/c1-20-9-5-13-24(37(20)47-4)23-12-7-15-26-32(23)36-33(28(18-43)45-2)25-14-6-11-22(31(25)35(36)34(26)29(19-44)46-3)21-10-8-16-30(27(21)17-42)48-38(39,40)41/h5-16H,1H3/b33-28-,34-29+. The van der Waals surface area contributed by atoms with Crippen molar-refractivity contribution in [1.82, 2.24) is 0 Å². The third-order valence-corrected chi connectivity index (χ3v) is 8.12. The van der Waals surface area contributed by atoms with E-state index in [1.165, 1.54) is 12.1 Å². The van der Waals surface area contributed by atoms with Crippen molar-refractivity contribution >= 4 is 28.0 Å². The van der Waals surface area contributed by atoms with E-state index in [1.54, 1.807) is 61.5 Å². The van der Waals surface area contributed by atoms with Gasteiger partial charge in [-0.3, -0.25) is 0 Å². The zero-order valence-electron chi connectivity index (χ0n) is 24.7. The number of benzene rings is 4. The number of rotatable bonds is 3.